The predicted octanol–water partition coefficient (Wildman–Crippen LogP) is 3.40. The van der Waals surface area contributed by atoms with E-state index in [2.05, 4.69) is 0 Å². The largest absolute Gasteiger partial charge is 0.497 e. The van der Waals surface area contributed by atoms with Crippen molar-refractivity contribution in [3.63, 3.8) is 0 Å². The molecule has 142 valence electrons. The Morgan fingerprint density at radius 3 is 2.37 bits per heavy atom. The highest BCUT2D eigenvalue weighted by Gasteiger charge is 2.40. The van der Waals surface area contributed by atoms with E-state index in [1.165, 1.54) is 4.90 Å². The number of imide groups is 1. The van der Waals surface area contributed by atoms with Crippen molar-refractivity contribution < 1.29 is 23.8 Å². The molecule has 1 aliphatic heterocycles. The summed E-state index contributed by atoms with van der Waals surface area (Å²) in [6.45, 7) is 1.97. The third kappa shape index (κ3) is 4.05. The zero-order valence-corrected chi connectivity index (χ0v) is 15.7. The number of carbonyl (C=O) groups is 2. The maximum absolute atomic E-state index is 13.1. The van der Waals surface area contributed by atoms with Crippen molar-refractivity contribution in [3.8, 4) is 11.5 Å². The summed E-state index contributed by atoms with van der Waals surface area (Å²) in [6, 6.07) is 14.7. The molecule has 0 saturated carbocycles. The molecule has 1 saturated heterocycles. The summed E-state index contributed by atoms with van der Waals surface area (Å²) in [4.78, 5) is 26.6. The molecule has 0 bridgehead atoms. The van der Waals surface area contributed by atoms with Crippen LogP contribution < -0.4 is 9.47 Å². The molecule has 27 heavy (non-hydrogen) atoms. The van der Waals surface area contributed by atoms with E-state index in [-0.39, 0.29) is 18.6 Å². The predicted molar refractivity (Wildman–Crippen MR) is 100 cm³/mol. The van der Waals surface area contributed by atoms with Crippen molar-refractivity contribution in [2.45, 2.75) is 25.3 Å². The molecule has 0 spiro atoms. The second-order valence-corrected chi connectivity index (χ2v) is 6.50. The summed E-state index contributed by atoms with van der Waals surface area (Å²) in [5.74, 6) is 0.342. The molecule has 2 atom stereocenters. The molecule has 1 fully saturated rings. The van der Waals surface area contributed by atoms with Gasteiger partial charge in [-0.15, -0.1) is 0 Å². The lowest BCUT2D eigenvalue weighted by Crippen LogP contribution is -2.42. The molecule has 6 heteroatoms. The highest BCUT2D eigenvalue weighted by Crippen LogP contribution is 2.30. The number of carbonyl (C=O) groups excluding carboxylic acids is 2. The molecule has 1 unspecified atom stereocenters. The SMILES string of the molecule is COc1cc(OC)cc(C(C)C(=O)N2C(=O)OC[C@H]2Cc2ccccc2)c1. The van der Waals surface area contributed by atoms with Crippen molar-refractivity contribution in [1.82, 2.24) is 4.90 Å². The minimum atomic E-state index is -0.595. The van der Waals surface area contributed by atoms with Crippen molar-refractivity contribution in [1.29, 1.82) is 0 Å². The molecule has 0 aromatic heterocycles. The molecule has 2 amide bonds. The lowest BCUT2D eigenvalue weighted by molar-refractivity contribution is -0.130. The third-order valence-corrected chi connectivity index (χ3v) is 4.76. The topological polar surface area (TPSA) is 65.1 Å². The van der Waals surface area contributed by atoms with Crippen LogP contribution in [-0.4, -0.2) is 43.8 Å². The van der Waals surface area contributed by atoms with Gasteiger partial charge >= 0.3 is 6.09 Å². The van der Waals surface area contributed by atoms with Crippen LogP contribution in [-0.2, 0) is 16.0 Å². The van der Waals surface area contributed by atoms with Crippen molar-refractivity contribution >= 4 is 12.0 Å². The Bertz CT molecular complexity index is 798. The number of ether oxygens (including phenoxy) is 3. The van der Waals surface area contributed by atoms with E-state index in [0.717, 1.165) is 11.1 Å². The zero-order valence-electron chi connectivity index (χ0n) is 15.7. The number of nitrogens with zero attached hydrogens (tertiary/aromatic N) is 1. The van der Waals surface area contributed by atoms with Crippen molar-refractivity contribution in [2.75, 3.05) is 20.8 Å². The van der Waals surface area contributed by atoms with Gasteiger partial charge in [0.05, 0.1) is 26.2 Å². The number of amides is 2. The van der Waals surface area contributed by atoms with Crippen LogP contribution in [0.25, 0.3) is 0 Å². The number of hydrogen-bond acceptors (Lipinski definition) is 5. The Morgan fingerprint density at radius 2 is 1.78 bits per heavy atom. The molecule has 1 heterocycles. The first-order valence-corrected chi connectivity index (χ1v) is 8.80. The van der Waals surface area contributed by atoms with Crippen LogP contribution in [0.4, 0.5) is 4.79 Å². The fraction of sp³-hybridized carbons (Fsp3) is 0.333. The number of benzene rings is 2. The van der Waals surface area contributed by atoms with Crippen LogP contribution in [0, 0.1) is 0 Å². The first kappa shape index (κ1) is 18.8. The molecular weight excluding hydrogens is 346 g/mol. The zero-order chi connectivity index (χ0) is 19.4. The fourth-order valence-corrected chi connectivity index (χ4v) is 3.20. The standard InChI is InChI=1S/C21H23NO5/c1-14(16-10-18(25-2)12-19(11-16)26-3)20(23)22-17(13-27-21(22)24)9-15-7-5-4-6-8-15/h4-8,10-12,14,17H,9,13H2,1-3H3/t14?,17-/m1/s1. The minimum Gasteiger partial charge on any atom is -0.497 e. The summed E-state index contributed by atoms with van der Waals surface area (Å²) in [7, 11) is 3.11. The molecular formula is C21H23NO5. The van der Waals surface area contributed by atoms with Gasteiger partial charge in [0, 0.05) is 6.07 Å². The molecule has 3 rings (SSSR count). The van der Waals surface area contributed by atoms with Crippen molar-refractivity contribution in [3.05, 3.63) is 59.7 Å². The Balaban J connectivity index is 1.83. The fourth-order valence-electron chi connectivity index (χ4n) is 3.20. The maximum Gasteiger partial charge on any atom is 0.417 e. The second-order valence-electron chi connectivity index (χ2n) is 6.50. The van der Waals surface area contributed by atoms with E-state index in [1.807, 2.05) is 30.3 Å². The van der Waals surface area contributed by atoms with E-state index < -0.39 is 12.0 Å². The number of rotatable bonds is 6. The monoisotopic (exact) mass is 369 g/mol. The highest BCUT2D eigenvalue weighted by molar-refractivity contribution is 5.97. The van der Waals surface area contributed by atoms with E-state index >= 15 is 0 Å². The molecule has 6 nitrogen and oxygen atoms in total. The van der Waals surface area contributed by atoms with Crippen LogP contribution >= 0.6 is 0 Å². The summed E-state index contributed by atoms with van der Waals surface area (Å²) in [5, 5.41) is 0. The lowest BCUT2D eigenvalue weighted by atomic mass is 9.97. The first-order valence-electron chi connectivity index (χ1n) is 8.80. The average Bonchev–Trinajstić information content (AvgIpc) is 3.07. The number of methoxy groups -OCH3 is 2. The van der Waals surface area contributed by atoms with Gasteiger partial charge in [0.1, 0.15) is 18.1 Å². The maximum atomic E-state index is 13.1. The number of hydrogen-bond donors (Lipinski definition) is 0. The molecule has 2 aromatic rings. The van der Waals surface area contributed by atoms with Gasteiger partial charge in [0.2, 0.25) is 5.91 Å². The second kappa shape index (κ2) is 8.12. The van der Waals surface area contributed by atoms with Gasteiger partial charge < -0.3 is 14.2 Å². The van der Waals surface area contributed by atoms with Crippen LogP contribution in [0.2, 0.25) is 0 Å². The van der Waals surface area contributed by atoms with Crippen LogP contribution in [0.1, 0.15) is 24.0 Å². The molecule has 1 aliphatic rings. The molecule has 2 aromatic carbocycles. The highest BCUT2D eigenvalue weighted by atomic mass is 16.6. The Labute approximate surface area is 158 Å². The molecule has 0 aliphatic carbocycles. The van der Waals surface area contributed by atoms with Gasteiger partial charge in [-0.05, 0) is 36.6 Å². The van der Waals surface area contributed by atoms with Crippen LogP contribution in [0.3, 0.4) is 0 Å². The van der Waals surface area contributed by atoms with E-state index in [1.54, 1.807) is 39.3 Å². The van der Waals surface area contributed by atoms with Gasteiger partial charge in [-0.1, -0.05) is 30.3 Å². The van der Waals surface area contributed by atoms with E-state index in [9.17, 15) is 9.59 Å². The Hall–Kier alpha value is -3.02. The molecule has 0 N–H and O–H groups in total. The Kier molecular flexibility index (Phi) is 5.64. The van der Waals surface area contributed by atoms with Gasteiger partial charge in [-0.25, -0.2) is 9.69 Å². The third-order valence-electron chi connectivity index (χ3n) is 4.76. The smallest absolute Gasteiger partial charge is 0.417 e. The quantitative estimate of drug-likeness (QED) is 0.781. The van der Waals surface area contributed by atoms with E-state index in [4.69, 9.17) is 14.2 Å². The van der Waals surface area contributed by atoms with Gasteiger partial charge in [-0.2, -0.15) is 0 Å². The normalized spacial score (nSPS) is 17.4. The van der Waals surface area contributed by atoms with Gasteiger partial charge in [-0.3, -0.25) is 4.79 Å². The summed E-state index contributed by atoms with van der Waals surface area (Å²) < 4.78 is 15.7. The van der Waals surface area contributed by atoms with Crippen LogP contribution in [0.15, 0.2) is 48.5 Å². The number of cyclic esters (lactones) is 1. The Morgan fingerprint density at radius 1 is 1.15 bits per heavy atom. The van der Waals surface area contributed by atoms with E-state index in [0.29, 0.717) is 17.9 Å². The van der Waals surface area contributed by atoms with Crippen LogP contribution in [0.5, 0.6) is 11.5 Å². The lowest BCUT2D eigenvalue weighted by Gasteiger charge is -2.23. The average molecular weight is 369 g/mol. The minimum absolute atomic E-state index is 0.202. The van der Waals surface area contributed by atoms with Gasteiger partial charge in [0.15, 0.2) is 0 Å². The summed E-state index contributed by atoms with van der Waals surface area (Å²) in [6.07, 6.45) is -0.0328. The summed E-state index contributed by atoms with van der Waals surface area (Å²) >= 11 is 0. The molecule has 0 radical (unpaired) electrons. The van der Waals surface area contributed by atoms with Gasteiger partial charge in [0.25, 0.3) is 0 Å². The van der Waals surface area contributed by atoms with Crippen molar-refractivity contribution in [2.24, 2.45) is 0 Å². The first-order chi connectivity index (χ1) is 13.0. The summed E-state index contributed by atoms with van der Waals surface area (Å²) in [5.41, 5.74) is 1.77.